The SMILES string of the molecule is Cc1cccc(C)c1OCc1nc2c3c(ncn2n1)Oc1cc(O)ccc1[C@H]3c1ccccc1. The molecule has 2 aromatic heterocycles. The van der Waals surface area contributed by atoms with Crippen LogP contribution >= 0.6 is 0 Å². The highest BCUT2D eigenvalue weighted by Gasteiger charge is 2.33. The number of aromatic hydroxyl groups is 1. The first-order chi connectivity index (χ1) is 16.6. The molecule has 5 aromatic rings. The second-order valence-electron chi connectivity index (χ2n) is 8.44. The van der Waals surface area contributed by atoms with E-state index in [-0.39, 0.29) is 18.3 Å². The van der Waals surface area contributed by atoms with Crippen molar-refractivity contribution in [1.29, 1.82) is 0 Å². The molecule has 1 atom stereocenters. The third-order valence-corrected chi connectivity index (χ3v) is 6.12. The molecule has 0 amide bonds. The maximum atomic E-state index is 10.0. The van der Waals surface area contributed by atoms with Crippen molar-refractivity contribution in [2.24, 2.45) is 0 Å². The van der Waals surface area contributed by atoms with Gasteiger partial charge in [0.15, 0.2) is 11.5 Å². The van der Waals surface area contributed by atoms with Crippen LogP contribution in [0.4, 0.5) is 0 Å². The molecule has 0 saturated carbocycles. The number of phenolic OH excluding ortho intramolecular Hbond substituents is 1. The quantitative estimate of drug-likeness (QED) is 0.392. The van der Waals surface area contributed by atoms with Crippen LogP contribution in [0.25, 0.3) is 5.65 Å². The Balaban J connectivity index is 1.46. The van der Waals surface area contributed by atoms with Crippen molar-refractivity contribution >= 4 is 5.65 Å². The number of rotatable bonds is 4. The average Bonchev–Trinajstić information content (AvgIpc) is 3.26. The van der Waals surface area contributed by atoms with Crippen LogP contribution in [0, 0.1) is 13.8 Å². The van der Waals surface area contributed by atoms with Crippen molar-refractivity contribution in [2.75, 3.05) is 0 Å². The van der Waals surface area contributed by atoms with Gasteiger partial charge in [-0.1, -0.05) is 54.6 Å². The number of hydrogen-bond donors (Lipinski definition) is 1. The second kappa shape index (κ2) is 7.88. The predicted octanol–water partition coefficient (Wildman–Crippen LogP) is 5.31. The normalized spacial score (nSPS) is 14.4. The third kappa shape index (κ3) is 3.33. The summed E-state index contributed by atoms with van der Waals surface area (Å²) in [5.74, 6) is 2.41. The number of benzene rings is 3. The zero-order valence-corrected chi connectivity index (χ0v) is 18.8. The maximum absolute atomic E-state index is 10.0. The fourth-order valence-electron chi connectivity index (χ4n) is 4.56. The first-order valence-electron chi connectivity index (χ1n) is 11.1. The summed E-state index contributed by atoms with van der Waals surface area (Å²) in [6.45, 7) is 4.29. The van der Waals surface area contributed by atoms with E-state index in [9.17, 15) is 5.11 Å². The van der Waals surface area contributed by atoms with Crippen LogP contribution in [0.3, 0.4) is 0 Å². The van der Waals surface area contributed by atoms with Gasteiger partial charge in [0, 0.05) is 17.5 Å². The first-order valence-corrected chi connectivity index (χ1v) is 11.1. The number of nitrogens with zero attached hydrogens (tertiary/aromatic N) is 4. The van der Waals surface area contributed by atoms with Gasteiger partial charge in [0.05, 0.1) is 5.56 Å². The van der Waals surface area contributed by atoms with Gasteiger partial charge < -0.3 is 14.6 Å². The van der Waals surface area contributed by atoms with E-state index in [4.69, 9.17) is 14.5 Å². The van der Waals surface area contributed by atoms with E-state index in [0.717, 1.165) is 33.6 Å². The van der Waals surface area contributed by atoms with E-state index < -0.39 is 0 Å². The van der Waals surface area contributed by atoms with Crippen LogP contribution in [0.2, 0.25) is 0 Å². The smallest absolute Gasteiger partial charge is 0.228 e. The Morgan fingerprint density at radius 1 is 1.00 bits per heavy atom. The standard InChI is InChI=1S/C27H22N4O3/c1-16-7-6-8-17(2)25(16)33-14-22-29-26-24-23(18-9-4-3-5-10-18)20-12-11-19(32)13-21(20)34-27(24)28-15-31(26)30-22/h3-13,15,23,32H,14H2,1-2H3/t23-/m1/s1. The van der Waals surface area contributed by atoms with E-state index in [1.54, 1.807) is 23.0 Å². The molecule has 1 aliphatic heterocycles. The molecule has 0 fully saturated rings. The fourth-order valence-corrected chi connectivity index (χ4v) is 4.56. The predicted molar refractivity (Wildman–Crippen MR) is 127 cm³/mol. The number of hydrogen-bond acceptors (Lipinski definition) is 6. The molecule has 0 aliphatic carbocycles. The summed E-state index contributed by atoms with van der Waals surface area (Å²) in [4.78, 5) is 9.35. The van der Waals surface area contributed by atoms with Gasteiger partial charge in [0.25, 0.3) is 0 Å². The van der Waals surface area contributed by atoms with E-state index in [1.807, 2.05) is 56.3 Å². The van der Waals surface area contributed by atoms with Crippen molar-refractivity contribution in [3.05, 3.63) is 107 Å². The zero-order valence-electron chi connectivity index (χ0n) is 18.8. The second-order valence-corrected chi connectivity index (χ2v) is 8.44. The highest BCUT2D eigenvalue weighted by molar-refractivity contribution is 5.66. The Bertz CT molecular complexity index is 1510. The van der Waals surface area contributed by atoms with E-state index in [0.29, 0.717) is 23.1 Å². The highest BCUT2D eigenvalue weighted by Crippen LogP contribution is 2.48. The van der Waals surface area contributed by atoms with Crippen molar-refractivity contribution in [3.63, 3.8) is 0 Å². The van der Waals surface area contributed by atoms with Crippen LogP contribution in [0.15, 0.2) is 73.1 Å². The van der Waals surface area contributed by atoms with Crippen LogP contribution in [-0.2, 0) is 6.61 Å². The minimum atomic E-state index is -0.173. The molecule has 168 valence electrons. The van der Waals surface area contributed by atoms with E-state index in [1.165, 1.54) is 0 Å². The lowest BCUT2D eigenvalue weighted by molar-refractivity contribution is 0.292. The topological polar surface area (TPSA) is 81.8 Å². The van der Waals surface area contributed by atoms with E-state index in [2.05, 4.69) is 22.2 Å². The molecular formula is C27H22N4O3. The molecule has 1 N–H and O–H groups in total. The molecule has 6 rings (SSSR count). The van der Waals surface area contributed by atoms with Gasteiger partial charge in [-0.15, -0.1) is 5.10 Å². The third-order valence-electron chi connectivity index (χ3n) is 6.12. The molecule has 3 heterocycles. The molecule has 3 aromatic carbocycles. The number of ether oxygens (including phenoxy) is 2. The van der Waals surface area contributed by atoms with Crippen LogP contribution < -0.4 is 9.47 Å². The molecule has 0 spiro atoms. The Morgan fingerprint density at radius 2 is 1.79 bits per heavy atom. The van der Waals surface area contributed by atoms with Crippen LogP contribution in [0.1, 0.15) is 39.6 Å². The summed E-state index contributed by atoms with van der Waals surface area (Å²) < 4.78 is 13.9. The molecule has 0 unspecified atom stereocenters. The molecule has 7 nitrogen and oxygen atoms in total. The molecular weight excluding hydrogens is 428 g/mol. The van der Waals surface area contributed by atoms with Gasteiger partial charge in [0.2, 0.25) is 5.88 Å². The highest BCUT2D eigenvalue weighted by atomic mass is 16.5. The Morgan fingerprint density at radius 3 is 2.59 bits per heavy atom. The summed E-state index contributed by atoms with van der Waals surface area (Å²) in [7, 11) is 0. The number of para-hydroxylation sites is 1. The lowest BCUT2D eigenvalue weighted by Crippen LogP contribution is -2.14. The number of fused-ring (bicyclic) bond motifs is 4. The lowest BCUT2D eigenvalue weighted by Gasteiger charge is -2.27. The zero-order chi connectivity index (χ0) is 23.2. The first kappa shape index (κ1) is 20.2. The fraction of sp³-hybridized carbons (Fsp3) is 0.148. The summed E-state index contributed by atoms with van der Waals surface area (Å²) in [5.41, 5.74) is 5.64. The van der Waals surface area contributed by atoms with Crippen LogP contribution in [-0.4, -0.2) is 24.7 Å². The van der Waals surface area contributed by atoms with Crippen LogP contribution in [0.5, 0.6) is 23.1 Å². The van der Waals surface area contributed by atoms with Gasteiger partial charge in [-0.25, -0.2) is 14.5 Å². The van der Waals surface area contributed by atoms with Gasteiger partial charge >= 0.3 is 0 Å². The van der Waals surface area contributed by atoms with Crippen molar-refractivity contribution in [2.45, 2.75) is 26.4 Å². The largest absolute Gasteiger partial charge is 0.508 e. The van der Waals surface area contributed by atoms with Crippen molar-refractivity contribution < 1.29 is 14.6 Å². The van der Waals surface area contributed by atoms with Gasteiger partial charge in [-0.3, -0.25) is 0 Å². The molecule has 7 heteroatoms. The minimum Gasteiger partial charge on any atom is -0.508 e. The number of aryl methyl sites for hydroxylation is 2. The molecule has 0 bridgehead atoms. The molecule has 0 radical (unpaired) electrons. The van der Waals surface area contributed by atoms with E-state index >= 15 is 0 Å². The minimum absolute atomic E-state index is 0.142. The summed E-state index contributed by atoms with van der Waals surface area (Å²) in [6.07, 6.45) is 1.60. The van der Waals surface area contributed by atoms with Crippen molar-refractivity contribution in [1.82, 2.24) is 19.6 Å². The maximum Gasteiger partial charge on any atom is 0.228 e. The lowest BCUT2D eigenvalue weighted by atomic mass is 9.84. The summed E-state index contributed by atoms with van der Waals surface area (Å²) >= 11 is 0. The summed E-state index contributed by atoms with van der Waals surface area (Å²) in [5, 5.41) is 14.6. The van der Waals surface area contributed by atoms with Gasteiger partial charge in [-0.05, 0) is 36.6 Å². The molecule has 0 saturated heterocycles. The summed E-state index contributed by atoms with van der Waals surface area (Å²) in [6, 6.07) is 21.4. The van der Waals surface area contributed by atoms with Gasteiger partial charge in [0.1, 0.15) is 30.2 Å². The number of aromatic nitrogens is 4. The molecule has 1 aliphatic rings. The average molecular weight is 450 g/mol. The Labute approximate surface area is 196 Å². The molecule has 34 heavy (non-hydrogen) atoms. The monoisotopic (exact) mass is 450 g/mol. The van der Waals surface area contributed by atoms with Gasteiger partial charge in [-0.2, -0.15) is 0 Å². The Kier molecular flexibility index (Phi) is 4.69. The number of phenols is 1. The van der Waals surface area contributed by atoms with Crippen molar-refractivity contribution in [3.8, 4) is 23.1 Å². The Hall–Kier alpha value is -4.39.